The van der Waals surface area contributed by atoms with Crippen molar-refractivity contribution in [3.63, 3.8) is 0 Å². The largest absolute Gasteiger partial charge is 0.487 e. The van der Waals surface area contributed by atoms with Crippen LogP contribution in [0.4, 0.5) is 0 Å². The lowest BCUT2D eigenvalue weighted by Crippen LogP contribution is -2.14. The van der Waals surface area contributed by atoms with Crippen molar-refractivity contribution in [1.82, 2.24) is 9.78 Å². The van der Waals surface area contributed by atoms with Crippen LogP contribution in [0.5, 0.6) is 5.75 Å². The molecular formula is C12H14BrN3O3S. The maximum Gasteiger partial charge on any atom is 0.241 e. The number of ether oxygens (including phenoxy) is 1. The van der Waals surface area contributed by atoms with Crippen molar-refractivity contribution >= 4 is 26.0 Å². The molecule has 0 saturated heterocycles. The minimum Gasteiger partial charge on any atom is -0.487 e. The van der Waals surface area contributed by atoms with E-state index in [2.05, 4.69) is 21.0 Å². The van der Waals surface area contributed by atoms with E-state index in [-0.39, 0.29) is 17.3 Å². The summed E-state index contributed by atoms with van der Waals surface area (Å²) in [4.78, 5) is -0.0340. The predicted octanol–water partition coefficient (Wildman–Crippen LogP) is 1.72. The van der Waals surface area contributed by atoms with Gasteiger partial charge in [0.25, 0.3) is 0 Å². The Bertz CT molecular complexity index is 740. The highest BCUT2D eigenvalue weighted by Crippen LogP contribution is 2.31. The highest BCUT2D eigenvalue weighted by Gasteiger charge is 2.18. The third-order valence-electron chi connectivity index (χ3n) is 2.65. The van der Waals surface area contributed by atoms with Crippen LogP contribution >= 0.6 is 15.9 Å². The Morgan fingerprint density at radius 3 is 2.70 bits per heavy atom. The lowest BCUT2D eigenvalue weighted by molar-refractivity contribution is 0.295. The number of sulfonamides is 1. The van der Waals surface area contributed by atoms with Crippen molar-refractivity contribution in [3.05, 3.63) is 40.1 Å². The average Bonchev–Trinajstić information content (AvgIpc) is 2.72. The molecule has 1 heterocycles. The van der Waals surface area contributed by atoms with Gasteiger partial charge in [-0.3, -0.25) is 4.68 Å². The summed E-state index contributed by atoms with van der Waals surface area (Å²) in [5.41, 5.74) is 1.53. The third kappa shape index (κ3) is 3.38. The van der Waals surface area contributed by atoms with Gasteiger partial charge in [0.15, 0.2) is 0 Å². The number of nitrogens with two attached hydrogens (primary N) is 1. The third-order valence-corrected chi connectivity index (χ3v) is 4.03. The van der Waals surface area contributed by atoms with E-state index in [9.17, 15) is 8.42 Å². The number of hydrogen-bond donors (Lipinski definition) is 1. The Balaban J connectivity index is 2.35. The topological polar surface area (TPSA) is 87.2 Å². The molecule has 6 nitrogen and oxygen atoms in total. The standard InChI is InChI=1S/C12H14BrN3O3S/c1-8-3-10(13)4-11(20(14,17)18)12(8)19-7-9-5-15-16(2)6-9/h3-6H,7H2,1-2H3,(H2,14,17,18). The minimum absolute atomic E-state index is 0.0340. The molecule has 0 saturated carbocycles. The number of rotatable bonds is 4. The Hall–Kier alpha value is -1.38. The molecule has 2 aromatic rings. The summed E-state index contributed by atoms with van der Waals surface area (Å²) in [5.74, 6) is 0.263. The first-order chi connectivity index (χ1) is 9.27. The molecule has 0 amide bonds. The van der Waals surface area contributed by atoms with Gasteiger partial charge in [0.05, 0.1) is 6.20 Å². The molecule has 0 spiro atoms. The van der Waals surface area contributed by atoms with Gasteiger partial charge in [0.2, 0.25) is 10.0 Å². The molecule has 0 aliphatic rings. The first-order valence-electron chi connectivity index (χ1n) is 5.70. The summed E-state index contributed by atoms with van der Waals surface area (Å²) in [5, 5.41) is 9.25. The molecule has 0 fully saturated rings. The predicted molar refractivity (Wildman–Crippen MR) is 77.8 cm³/mol. The van der Waals surface area contributed by atoms with E-state index in [0.717, 1.165) is 5.56 Å². The number of nitrogens with zero attached hydrogens (tertiary/aromatic N) is 2. The number of benzene rings is 1. The van der Waals surface area contributed by atoms with Crippen LogP contribution in [0.1, 0.15) is 11.1 Å². The fourth-order valence-electron chi connectivity index (χ4n) is 1.80. The zero-order valence-electron chi connectivity index (χ0n) is 11.0. The van der Waals surface area contributed by atoms with Gasteiger partial charge in [-0.15, -0.1) is 0 Å². The highest BCUT2D eigenvalue weighted by atomic mass is 79.9. The molecule has 8 heteroatoms. The summed E-state index contributed by atoms with van der Waals surface area (Å²) in [6, 6.07) is 3.20. The fourth-order valence-corrected chi connectivity index (χ4v) is 3.29. The number of primary sulfonamides is 1. The Morgan fingerprint density at radius 2 is 2.15 bits per heavy atom. The van der Waals surface area contributed by atoms with Crippen LogP contribution in [0.15, 0.2) is 33.9 Å². The van der Waals surface area contributed by atoms with Crippen molar-refractivity contribution in [2.75, 3.05) is 0 Å². The van der Waals surface area contributed by atoms with E-state index in [1.807, 2.05) is 0 Å². The first kappa shape index (κ1) is 15.0. The molecule has 0 bridgehead atoms. The molecule has 2 N–H and O–H groups in total. The SMILES string of the molecule is Cc1cc(Br)cc(S(N)(=O)=O)c1OCc1cnn(C)c1. The van der Waals surface area contributed by atoms with Crippen LogP contribution < -0.4 is 9.88 Å². The Kier molecular flexibility index (Phi) is 4.17. The minimum atomic E-state index is -3.85. The average molecular weight is 360 g/mol. The van der Waals surface area contributed by atoms with Crippen LogP contribution in [0.3, 0.4) is 0 Å². The number of halogens is 1. The number of hydrogen-bond acceptors (Lipinski definition) is 4. The van der Waals surface area contributed by atoms with E-state index in [4.69, 9.17) is 9.88 Å². The van der Waals surface area contributed by atoms with E-state index in [0.29, 0.717) is 10.0 Å². The van der Waals surface area contributed by atoms with Gasteiger partial charge in [-0.1, -0.05) is 15.9 Å². The maximum atomic E-state index is 11.6. The summed E-state index contributed by atoms with van der Waals surface area (Å²) in [6.45, 7) is 1.98. The monoisotopic (exact) mass is 359 g/mol. The van der Waals surface area contributed by atoms with Gasteiger partial charge in [0.1, 0.15) is 17.3 Å². The van der Waals surface area contributed by atoms with Crippen LogP contribution in [-0.4, -0.2) is 18.2 Å². The molecule has 0 atom stereocenters. The number of aromatic nitrogens is 2. The lowest BCUT2D eigenvalue weighted by Gasteiger charge is -2.13. The van der Waals surface area contributed by atoms with Gasteiger partial charge < -0.3 is 4.74 Å². The van der Waals surface area contributed by atoms with E-state index < -0.39 is 10.0 Å². The van der Waals surface area contributed by atoms with E-state index in [1.54, 1.807) is 37.1 Å². The first-order valence-corrected chi connectivity index (χ1v) is 8.04. The zero-order valence-corrected chi connectivity index (χ0v) is 13.4. The molecule has 1 aromatic heterocycles. The normalized spacial score (nSPS) is 11.6. The van der Waals surface area contributed by atoms with Gasteiger partial charge >= 0.3 is 0 Å². The second-order valence-corrected chi connectivity index (χ2v) is 6.85. The van der Waals surface area contributed by atoms with Crippen LogP contribution in [0, 0.1) is 6.92 Å². The Morgan fingerprint density at radius 1 is 1.45 bits per heavy atom. The van der Waals surface area contributed by atoms with Gasteiger partial charge in [-0.25, -0.2) is 13.6 Å². The summed E-state index contributed by atoms with van der Waals surface area (Å²) < 4.78 is 31.2. The molecule has 0 aliphatic heterocycles. The van der Waals surface area contributed by atoms with Crippen LogP contribution in [0.2, 0.25) is 0 Å². The summed E-state index contributed by atoms with van der Waals surface area (Å²) >= 11 is 3.25. The van der Waals surface area contributed by atoms with E-state index >= 15 is 0 Å². The second-order valence-electron chi connectivity index (χ2n) is 4.41. The van der Waals surface area contributed by atoms with Crippen molar-refractivity contribution in [2.24, 2.45) is 12.2 Å². The molecule has 20 heavy (non-hydrogen) atoms. The maximum absolute atomic E-state index is 11.6. The second kappa shape index (κ2) is 5.55. The highest BCUT2D eigenvalue weighted by molar-refractivity contribution is 9.10. The van der Waals surface area contributed by atoms with Crippen molar-refractivity contribution in [2.45, 2.75) is 18.4 Å². The number of aryl methyl sites for hydroxylation is 2. The van der Waals surface area contributed by atoms with Gasteiger partial charge in [-0.2, -0.15) is 5.10 Å². The Labute approximate surface area is 125 Å². The smallest absolute Gasteiger partial charge is 0.241 e. The molecular weight excluding hydrogens is 346 g/mol. The van der Waals surface area contributed by atoms with Crippen molar-refractivity contribution < 1.29 is 13.2 Å². The molecule has 2 rings (SSSR count). The lowest BCUT2D eigenvalue weighted by atomic mass is 10.2. The van der Waals surface area contributed by atoms with Crippen molar-refractivity contribution in [3.8, 4) is 5.75 Å². The van der Waals surface area contributed by atoms with Crippen molar-refractivity contribution in [1.29, 1.82) is 0 Å². The molecule has 0 radical (unpaired) electrons. The quantitative estimate of drug-likeness (QED) is 0.899. The van der Waals surface area contributed by atoms with Crippen LogP contribution in [0.25, 0.3) is 0 Å². The van der Waals surface area contributed by atoms with E-state index in [1.165, 1.54) is 6.07 Å². The van der Waals surface area contributed by atoms with Gasteiger partial charge in [0, 0.05) is 23.3 Å². The zero-order chi connectivity index (χ0) is 14.9. The molecule has 108 valence electrons. The van der Waals surface area contributed by atoms with Crippen LogP contribution in [-0.2, 0) is 23.7 Å². The fraction of sp³-hybridized carbons (Fsp3) is 0.250. The summed E-state index contributed by atoms with van der Waals surface area (Å²) in [7, 11) is -2.06. The molecule has 1 aromatic carbocycles. The summed E-state index contributed by atoms with van der Waals surface area (Å²) in [6.07, 6.45) is 3.45. The van der Waals surface area contributed by atoms with Gasteiger partial charge in [-0.05, 0) is 24.6 Å². The molecule has 0 aliphatic carbocycles. The molecule has 0 unspecified atom stereocenters.